The maximum absolute atomic E-state index is 13.3. The minimum atomic E-state index is -1.38. The van der Waals surface area contributed by atoms with E-state index in [1.807, 2.05) is 24.3 Å². The van der Waals surface area contributed by atoms with Crippen LogP contribution in [0.5, 0.6) is 11.5 Å². The van der Waals surface area contributed by atoms with E-state index in [9.17, 15) is 4.89 Å². The summed E-state index contributed by atoms with van der Waals surface area (Å²) >= 11 is 0. The lowest BCUT2D eigenvalue weighted by molar-refractivity contribution is -0.155. The molecule has 0 heterocycles. The summed E-state index contributed by atoms with van der Waals surface area (Å²) in [5, 5.41) is 1.04. The van der Waals surface area contributed by atoms with Crippen molar-refractivity contribution in [2.45, 2.75) is 44.2 Å². The molecule has 0 spiro atoms. The van der Waals surface area contributed by atoms with E-state index in [-0.39, 0.29) is 0 Å². The first-order valence-corrected chi connectivity index (χ1v) is 10.00. The normalized spacial score (nSPS) is 20.5. The van der Waals surface area contributed by atoms with Gasteiger partial charge in [-0.2, -0.15) is 0 Å². The summed E-state index contributed by atoms with van der Waals surface area (Å²) in [6, 6.07) is 5.78. The zero-order chi connectivity index (χ0) is 16.9. The van der Waals surface area contributed by atoms with E-state index in [2.05, 4.69) is 12.2 Å². The summed E-state index contributed by atoms with van der Waals surface area (Å²) in [5.74, 6) is 1.53. The summed E-state index contributed by atoms with van der Waals surface area (Å²) < 4.78 is 11.1. The highest BCUT2D eigenvalue weighted by Gasteiger charge is 2.29. The molecule has 0 N–H and O–H groups in total. The maximum Gasteiger partial charge on any atom is 0.130 e. The Morgan fingerprint density at radius 2 is 1.71 bits per heavy atom. The van der Waals surface area contributed by atoms with E-state index in [1.165, 1.54) is 19.3 Å². The number of hydrogen-bond donors (Lipinski definition) is 0. The fourth-order valence-corrected chi connectivity index (χ4v) is 5.62. The molecule has 2 aliphatic carbocycles. The molecular formula is C20H25O3P. The summed E-state index contributed by atoms with van der Waals surface area (Å²) in [7, 11) is 1.95. The van der Waals surface area contributed by atoms with Crippen molar-refractivity contribution in [2.24, 2.45) is 0 Å². The number of ether oxygens (including phenoxy) is 2. The van der Waals surface area contributed by atoms with E-state index in [0.717, 1.165) is 47.2 Å². The van der Waals surface area contributed by atoms with E-state index < -0.39 is 7.77 Å². The first kappa shape index (κ1) is 17.3. The van der Waals surface area contributed by atoms with Gasteiger partial charge in [0.15, 0.2) is 0 Å². The van der Waals surface area contributed by atoms with Crippen molar-refractivity contribution < 1.29 is 14.4 Å². The first-order valence-electron chi connectivity index (χ1n) is 8.67. The van der Waals surface area contributed by atoms with Crippen molar-refractivity contribution >= 4 is 18.6 Å². The van der Waals surface area contributed by atoms with E-state index in [0.29, 0.717) is 5.66 Å². The van der Waals surface area contributed by atoms with Gasteiger partial charge in [0.25, 0.3) is 0 Å². The Morgan fingerprint density at radius 1 is 1.04 bits per heavy atom. The lowest BCUT2D eigenvalue weighted by Crippen LogP contribution is -2.19. The van der Waals surface area contributed by atoms with Crippen LogP contribution in [0.1, 0.15) is 44.1 Å². The van der Waals surface area contributed by atoms with Crippen LogP contribution in [0, 0.1) is 0 Å². The lowest BCUT2D eigenvalue weighted by Gasteiger charge is -2.23. The van der Waals surface area contributed by atoms with Crippen molar-refractivity contribution in [3.63, 3.8) is 0 Å². The van der Waals surface area contributed by atoms with Gasteiger partial charge in [-0.1, -0.05) is 30.7 Å². The Balaban J connectivity index is 2.08. The molecule has 0 aliphatic heterocycles. The highest BCUT2D eigenvalue weighted by Crippen LogP contribution is 2.43. The third kappa shape index (κ3) is 3.43. The molecule has 24 heavy (non-hydrogen) atoms. The molecule has 2 aliphatic rings. The van der Waals surface area contributed by atoms with Gasteiger partial charge in [0, 0.05) is 12.0 Å². The number of rotatable bonds is 4. The second-order valence-electron chi connectivity index (χ2n) is 6.31. The highest BCUT2D eigenvalue weighted by molar-refractivity contribution is 7.54. The Kier molecular flexibility index (Phi) is 5.76. The molecule has 1 unspecified atom stereocenters. The van der Waals surface area contributed by atoms with Gasteiger partial charge in [0.1, 0.15) is 22.5 Å². The zero-order valence-electron chi connectivity index (χ0n) is 14.5. The Bertz CT molecular complexity index is 660. The predicted octanol–water partition coefficient (Wildman–Crippen LogP) is 4.31. The van der Waals surface area contributed by atoms with Gasteiger partial charge in [-0.3, -0.25) is 0 Å². The van der Waals surface area contributed by atoms with Crippen LogP contribution in [0.4, 0.5) is 0 Å². The first-order chi connectivity index (χ1) is 11.8. The summed E-state index contributed by atoms with van der Waals surface area (Å²) in [4.78, 5) is 13.3. The molecule has 0 saturated heterocycles. The third-order valence-electron chi connectivity index (χ3n) is 4.89. The van der Waals surface area contributed by atoms with Crippen molar-refractivity contribution in [3.8, 4) is 11.5 Å². The molecule has 0 bridgehead atoms. The van der Waals surface area contributed by atoms with Gasteiger partial charge in [0.2, 0.25) is 0 Å². The monoisotopic (exact) mass is 344 g/mol. The fourth-order valence-electron chi connectivity index (χ4n) is 3.64. The standard InChI is InChI=1S/C20H25O3P/c1-22-17-12-8-13-18(23-2)20(17)16-11-6-7-14-19(16)24(21)15-9-4-3-5-10-15/h6-8,11-13,15H,3-5,9-10,14H2,1-2H3. The molecule has 1 aromatic carbocycles. The number of methoxy groups -OCH3 is 2. The quantitative estimate of drug-likeness (QED) is 0.764. The zero-order valence-corrected chi connectivity index (χ0v) is 15.4. The Morgan fingerprint density at radius 3 is 2.33 bits per heavy atom. The minimum Gasteiger partial charge on any atom is -0.630 e. The molecular weight excluding hydrogens is 319 g/mol. The lowest BCUT2D eigenvalue weighted by atomic mass is 9.95. The van der Waals surface area contributed by atoms with Gasteiger partial charge in [-0.05, 0) is 37.8 Å². The number of allylic oxidation sites excluding steroid dienone is 4. The second-order valence-corrected chi connectivity index (χ2v) is 8.24. The topological polar surface area (TPSA) is 41.5 Å². The smallest absolute Gasteiger partial charge is 0.130 e. The van der Waals surface area contributed by atoms with Crippen LogP contribution in [0.15, 0.2) is 36.4 Å². The van der Waals surface area contributed by atoms with Gasteiger partial charge in [-0.25, -0.2) is 0 Å². The van der Waals surface area contributed by atoms with Crippen LogP contribution < -0.4 is 14.4 Å². The SMILES string of the molecule is COc1cccc(OC)c1C1=CC=CCC1=[P+]([O-])C1CCCCC1. The van der Waals surface area contributed by atoms with Crippen LogP contribution in [0.25, 0.3) is 5.57 Å². The molecule has 1 atom stereocenters. The largest absolute Gasteiger partial charge is 0.630 e. The Labute approximate surface area is 145 Å². The molecule has 1 fully saturated rings. The molecule has 0 aromatic heterocycles. The van der Waals surface area contributed by atoms with E-state index in [4.69, 9.17) is 9.47 Å². The average Bonchev–Trinajstić information content (AvgIpc) is 2.67. The maximum atomic E-state index is 13.3. The molecule has 1 aromatic rings. The minimum absolute atomic E-state index is 0.319. The predicted molar refractivity (Wildman–Crippen MR) is 100 cm³/mol. The second kappa shape index (κ2) is 8.00. The van der Waals surface area contributed by atoms with Crippen molar-refractivity contribution in [3.05, 3.63) is 42.0 Å². The fraction of sp³-hybridized carbons (Fsp3) is 0.450. The third-order valence-corrected chi connectivity index (χ3v) is 7.03. The summed E-state index contributed by atoms with van der Waals surface area (Å²) in [6.45, 7) is 0. The van der Waals surface area contributed by atoms with Crippen LogP contribution in [0.3, 0.4) is 0 Å². The van der Waals surface area contributed by atoms with Crippen LogP contribution in [0.2, 0.25) is 0 Å². The molecule has 0 amide bonds. The van der Waals surface area contributed by atoms with Crippen LogP contribution in [-0.2, 0) is 0 Å². The Hall–Kier alpha value is -1.57. The average molecular weight is 344 g/mol. The van der Waals surface area contributed by atoms with Crippen LogP contribution in [-0.4, -0.2) is 25.2 Å². The number of benzene rings is 1. The summed E-state index contributed by atoms with van der Waals surface area (Å²) in [5.41, 5.74) is 2.25. The number of hydrogen-bond acceptors (Lipinski definition) is 3. The molecule has 3 nitrogen and oxygen atoms in total. The van der Waals surface area contributed by atoms with Gasteiger partial charge < -0.3 is 14.4 Å². The van der Waals surface area contributed by atoms with Gasteiger partial charge in [0.05, 0.1) is 27.6 Å². The molecule has 1 saturated carbocycles. The van der Waals surface area contributed by atoms with Crippen LogP contribution >= 0.6 is 7.77 Å². The van der Waals surface area contributed by atoms with Crippen molar-refractivity contribution in [2.75, 3.05) is 14.2 Å². The van der Waals surface area contributed by atoms with Crippen molar-refractivity contribution in [1.82, 2.24) is 0 Å². The summed E-state index contributed by atoms with van der Waals surface area (Å²) in [6.07, 6.45) is 12.8. The highest BCUT2D eigenvalue weighted by atomic mass is 31.1. The van der Waals surface area contributed by atoms with Gasteiger partial charge >= 0.3 is 0 Å². The molecule has 0 radical (unpaired) electrons. The molecule has 3 rings (SSSR count). The van der Waals surface area contributed by atoms with E-state index in [1.54, 1.807) is 14.2 Å². The molecule has 4 heteroatoms. The van der Waals surface area contributed by atoms with Crippen molar-refractivity contribution in [1.29, 1.82) is 0 Å². The van der Waals surface area contributed by atoms with Gasteiger partial charge in [-0.15, -0.1) is 0 Å². The molecule has 128 valence electrons. The van der Waals surface area contributed by atoms with E-state index >= 15 is 0 Å².